The average Bonchev–Trinajstić information content (AvgIpc) is 3.08. The van der Waals surface area contributed by atoms with Crippen LogP contribution in [0.5, 0.6) is 11.5 Å². The maximum atomic E-state index is 13.8. The number of amides is 2. The Kier molecular flexibility index (Phi) is 6.13. The molecular weight excluding hydrogens is 363 g/mol. The first-order valence-corrected chi connectivity index (χ1v) is 9.06. The summed E-state index contributed by atoms with van der Waals surface area (Å²) in [6, 6.07) is 11.6. The quantitative estimate of drug-likeness (QED) is 0.795. The van der Waals surface area contributed by atoms with Crippen LogP contribution in [-0.2, 0) is 16.0 Å². The standard InChI is InChI=1S/C21H23FN2O4/c1-27-16-7-8-19(28-2)18(12-16)23-21(26)15-11-20(25)24(13-15)10-9-14-5-3-4-6-17(14)22/h3-8,12,15H,9-11,13H2,1-2H3,(H,23,26). The first-order chi connectivity index (χ1) is 13.5. The van der Waals surface area contributed by atoms with Crippen molar-refractivity contribution in [1.29, 1.82) is 0 Å². The molecule has 7 heteroatoms. The van der Waals surface area contributed by atoms with Crippen LogP contribution in [-0.4, -0.2) is 44.0 Å². The number of nitrogens with zero attached hydrogens (tertiary/aromatic N) is 1. The van der Waals surface area contributed by atoms with Gasteiger partial charge in [0.15, 0.2) is 0 Å². The summed E-state index contributed by atoms with van der Waals surface area (Å²) < 4.78 is 24.2. The predicted molar refractivity (Wildman–Crippen MR) is 103 cm³/mol. The van der Waals surface area contributed by atoms with Crippen molar-refractivity contribution in [2.75, 3.05) is 32.6 Å². The van der Waals surface area contributed by atoms with E-state index in [1.165, 1.54) is 20.3 Å². The third-order valence-corrected chi connectivity index (χ3v) is 4.86. The lowest BCUT2D eigenvalue weighted by atomic mass is 10.1. The molecule has 0 saturated carbocycles. The second-order valence-electron chi connectivity index (χ2n) is 6.64. The van der Waals surface area contributed by atoms with Crippen molar-refractivity contribution in [3.63, 3.8) is 0 Å². The van der Waals surface area contributed by atoms with Crippen LogP contribution in [0.3, 0.4) is 0 Å². The van der Waals surface area contributed by atoms with E-state index in [0.29, 0.717) is 42.3 Å². The first kappa shape index (κ1) is 19.7. The molecule has 1 saturated heterocycles. The van der Waals surface area contributed by atoms with Gasteiger partial charge in [-0.2, -0.15) is 0 Å². The number of rotatable bonds is 7. The summed E-state index contributed by atoms with van der Waals surface area (Å²) in [5.41, 5.74) is 1.05. The van der Waals surface area contributed by atoms with Crippen molar-refractivity contribution in [3.8, 4) is 11.5 Å². The first-order valence-electron chi connectivity index (χ1n) is 9.06. The van der Waals surface area contributed by atoms with Gasteiger partial charge >= 0.3 is 0 Å². The van der Waals surface area contributed by atoms with Gasteiger partial charge in [0.2, 0.25) is 11.8 Å². The monoisotopic (exact) mass is 386 g/mol. The fourth-order valence-corrected chi connectivity index (χ4v) is 3.27. The molecule has 1 fully saturated rings. The lowest BCUT2D eigenvalue weighted by Crippen LogP contribution is -2.30. The number of hydrogen-bond donors (Lipinski definition) is 1. The molecule has 3 rings (SSSR count). The van der Waals surface area contributed by atoms with Crippen LogP contribution in [0.1, 0.15) is 12.0 Å². The number of nitrogens with one attached hydrogen (secondary N) is 1. The Labute approximate surface area is 163 Å². The second-order valence-corrected chi connectivity index (χ2v) is 6.64. The number of ether oxygens (including phenoxy) is 2. The van der Waals surface area contributed by atoms with E-state index in [-0.39, 0.29) is 24.1 Å². The Bertz CT molecular complexity index is 871. The van der Waals surface area contributed by atoms with E-state index in [9.17, 15) is 14.0 Å². The fraction of sp³-hybridized carbons (Fsp3) is 0.333. The van der Waals surface area contributed by atoms with Crippen LogP contribution >= 0.6 is 0 Å². The molecule has 1 aliphatic rings. The summed E-state index contributed by atoms with van der Waals surface area (Å²) in [7, 11) is 3.05. The van der Waals surface area contributed by atoms with Gasteiger partial charge in [-0.25, -0.2) is 4.39 Å². The highest BCUT2D eigenvalue weighted by molar-refractivity contribution is 5.98. The smallest absolute Gasteiger partial charge is 0.229 e. The Morgan fingerprint density at radius 1 is 1.21 bits per heavy atom. The molecule has 0 bridgehead atoms. The molecule has 1 aliphatic heterocycles. The topological polar surface area (TPSA) is 67.9 Å². The van der Waals surface area contributed by atoms with E-state index >= 15 is 0 Å². The summed E-state index contributed by atoms with van der Waals surface area (Å²) in [6.45, 7) is 0.692. The minimum absolute atomic E-state index is 0.103. The summed E-state index contributed by atoms with van der Waals surface area (Å²) in [6.07, 6.45) is 0.547. The summed E-state index contributed by atoms with van der Waals surface area (Å²) in [5, 5.41) is 2.82. The second kappa shape index (κ2) is 8.73. The maximum Gasteiger partial charge on any atom is 0.229 e. The van der Waals surface area contributed by atoms with Gasteiger partial charge in [0.25, 0.3) is 0 Å². The third kappa shape index (κ3) is 4.42. The molecule has 1 heterocycles. The molecule has 2 aromatic rings. The molecule has 148 valence electrons. The van der Waals surface area contributed by atoms with E-state index in [1.54, 1.807) is 41.3 Å². The summed E-state index contributed by atoms with van der Waals surface area (Å²) in [4.78, 5) is 26.5. The minimum Gasteiger partial charge on any atom is -0.497 e. The van der Waals surface area contributed by atoms with Crippen LogP contribution in [0, 0.1) is 11.7 Å². The Morgan fingerprint density at radius 3 is 2.71 bits per heavy atom. The summed E-state index contributed by atoms with van der Waals surface area (Å²) >= 11 is 0. The number of halogens is 1. The van der Waals surface area contributed by atoms with E-state index in [1.807, 2.05) is 0 Å². The minimum atomic E-state index is -0.468. The third-order valence-electron chi connectivity index (χ3n) is 4.86. The molecule has 0 radical (unpaired) electrons. The van der Waals surface area contributed by atoms with Crippen molar-refractivity contribution in [3.05, 3.63) is 53.8 Å². The van der Waals surface area contributed by atoms with Gasteiger partial charge in [0.05, 0.1) is 25.8 Å². The zero-order chi connectivity index (χ0) is 20.1. The average molecular weight is 386 g/mol. The molecule has 1 unspecified atom stereocenters. The van der Waals surface area contributed by atoms with Crippen molar-refractivity contribution in [2.24, 2.45) is 5.92 Å². The molecule has 0 spiro atoms. The van der Waals surface area contributed by atoms with Gasteiger partial charge in [-0.1, -0.05) is 18.2 Å². The maximum absolute atomic E-state index is 13.8. The molecule has 28 heavy (non-hydrogen) atoms. The highest BCUT2D eigenvalue weighted by Crippen LogP contribution is 2.30. The van der Waals surface area contributed by atoms with E-state index in [4.69, 9.17) is 9.47 Å². The van der Waals surface area contributed by atoms with Crippen LogP contribution < -0.4 is 14.8 Å². The lowest BCUT2D eigenvalue weighted by Gasteiger charge is -2.17. The zero-order valence-electron chi connectivity index (χ0n) is 15.9. The normalized spacial score (nSPS) is 16.2. The highest BCUT2D eigenvalue weighted by atomic mass is 19.1. The van der Waals surface area contributed by atoms with Gasteiger partial charge in [0.1, 0.15) is 17.3 Å². The number of hydrogen-bond acceptors (Lipinski definition) is 4. The Balaban J connectivity index is 1.61. The highest BCUT2D eigenvalue weighted by Gasteiger charge is 2.34. The number of anilines is 1. The molecule has 1 atom stereocenters. The molecule has 6 nitrogen and oxygen atoms in total. The summed E-state index contributed by atoms with van der Waals surface area (Å²) in [5.74, 6) is -0.0139. The predicted octanol–water partition coefficient (Wildman–Crippen LogP) is 2.87. The van der Waals surface area contributed by atoms with Gasteiger partial charge in [-0.3, -0.25) is 9.59 Å². The van der Waals surface area contributed by atoms with Crippen LogP contribution in [0.4, 0.5) is 10.1 Å². The van der Waals surface area contributed by atoms with E-state index in [0.717, 1.165) is 0 Å². The largest absolute Gasteiger partial charge is 0.497 e. The van der Waals surface area contributed by atoms with E-state index in [2.05, 4.69) is 5.32 Å². The van der Waals surface area contributed by atoms with E-state index < -0.39 is 5.92 Å². The number of likely N-dealkylation sites (tertiary alicyclic amines) is 1. The van der Waals surface area contributed by atoms with Gasteiger partial charge in [0, 0.05) is 25.6 Å². The number of carbonyl (C=O) groups is 2. The van der Waals surface area contributed by atoms with Gasteiger partial charge in [-0.15, -0.1) is 0 Å². The van der Waals surface area contributed by atoms with Crippen LogP contribution in [0.25, 0.3) is 0 Å². The van der Waals surface area contributed by atoms with Crippen molar-refractivity contribution < 1.29 is 23.5 Å². The van der Waals surface area contributed by atoms with Crippen molar-refractivity contribution >= 4 is 17.5 Å². The number of benzene rings is 2. The SMILES string of the molecule is COc1ccc(OC)c(NC(=O)C2CC(=O)N(CCc3ccccc3F)C2)c1. The lowest BCUT2D eigenvalue weighted by molar-refractivity contribution is -0.128. The van der Waals surface area contributed by atoms with Gasteiger partial charge < -0.3 is 19.7 Å². The zero-order valence-corrected chi connectivity index (χ0v) is 15.9. The van der Waals surface area contributed by atoms with Crippen molar-refractivity contribution in [2.45, 2.75) is 12.8 Å². The van der Waals surface area contributed by atoms with Gasteiger partial charge in [-0.05, 0) is 30.2 Å². The van der Waals surface area contributed by atoms with Crippen LogP contribution in [0.2, 0.25) is 0 Å². The molecular formula is C21H23FN2O4. The molecule has 2 aromatic carbocycles. The molecule has 2 amide bonds. The van der Waals surface area contributed by atoms with Crippen molar-refractivity contribution in [1.82, 2.24) is 4.90 Å². The fourth-order valence-electron chi connectivity index (χ4n) is 3.27. The molecule has 0 aliphatic carbocycles. The Morgan fingerprint density at radius 2 is 2.00 bits per heavy atom. The number of carbonyl (C=O) groups excluding carboxylic acids is 2. The molecule has 1 N–H and O–H groups in total. The molecule has 0 aromatic heterocycles. The van der Waals surface area contributed by atoms with Crippen LogP contribution in [0.15, 0.2) is 42.5 Å². The Hall–Kier alpha value is -3.09. The number of methoxy groups -OCH3 is 2.